The van der Waals surface area contributed by atoms with Crippen LogP contribution in [0.5, 0.6) is 0 Å². The number of hydrogen-bond acceptors (Lipinski definition) is 2. The van der Waals surface area contributed by atoms with E-state index in [0.29, 0.717) is 16.7 Å². The molecule has 1 heterocycles. The maximum Gasteiger partial charge on any atom is 0.328 e. The van der Waals surface area contributed by atoms with Gasteiger partial charge in [-0.15, -0.1) is 0 Å². The van der Waals surface area contributed by atoms with Crippen molar-refractivity contribution in [1.82, 2.24) is 5.32 Å². The Morgan fingerprint density at radius 2 is 2.00 bits per heavy atom. The molecule has 0 unspecified atom stereocenters. The van der Waals surface area contributed by atoms with Crippen LogP contribution in [0.3, 0.4) is 0 Å². The number of carboxylic acids is 1. The van der Waals surface area contributed by atoms with Crippen molar-refractivity contribution in [2.75, 3.05) is 0 Å². The molecule has 0 fully saturated rings. The Morgan fingerprint density at radius 3 is 2.62 bits per heavy atom. The van der Waals surface area contributed by atoms with Gasteiger partial charge < -0.3 is 10.4 Å². The lowest BCUT2D eigenvalue weighted by molar-refractivity contribution is -0.131. The Hall–Kier alpha value is -2.10. The quantitative estimate of drug-likeness (QED) is 0.696. The smallest absolute Gasteiger partial charge is 0.328 e. The van der Waals surface area contributed by atoms with Crippen molar-refractivity contribution in [1.29, 1.82) is 0 Å². The minimum Gasteiger partial charge on any atom is -0.478 e. The first kappa shape index (κ1) is 10.4. The lowest BCUT2D eigenvalue weighted by Crippen LogP contribution is -2.38. The minimum absolute atomic E-state index is 0.161. The van der Waals surface area contributed by atoms with E-state index < -0.39 is 5.97 Å². The van der Waals surface area contributed by atoms with Crippen LogP contribution in [0.15, 0.2) is 30.3 Å². The summed E-state index contributed by atoms with van der Waals surface area (Å²) in [7, 11) is 0. The number of carbonyl (C=O) groups excluding carboxylic acids is 1. The Morgan fingerprint density at radius 1 is 1.38 bits per heavy atom. The van der Waals surface area contributed by atoms with Crippen LogP contribution in [0, 0.1) is 0 Å². The second-order valence-electron chi connectivity index (χ2n) is 3.68. The molecule has 0 spiro atoms. The normalized spacial score (nSPS) is 21.4. The third-order valence-electron chi connectivity index (χ3n) is 2.58. The zero-order valence-corrected chi connectivity index (χ0v) is 8.73. The Kier molecular flexibility index (Phi) is 2.48. The van der Waals surface area contributed by atoms with Crippen molar-refractivity contribution in [2.45, 2.75) is 13.0 Å². The summed E-state index contributed by atoms with van der Waals surface area (Å²) in [5.41, 5.74) is 1.84. The average Bonchev–Trinajstić information content (AvgIpc) is 2.24. The number of amides is 1. The summed E-state index contributed by atoms with van der Waals surface area (Å²) in [5, 5.41) is 11.5. The lowest BCUT2D eigenvalue weighted by Gasteiger charge is -2.25. The zero-order valence-electron chi connectivity index (χ0n) is 8.73. The molecule has 1 aliphatic rings. The van der Waals surface area contributed by atoms with Crippen molar-refractivity contribution in [3.63, 3.8) is 0 Å². The first-order valence-corrected chi connectivity index (χ1v) is 4.94. The molecule has 4 heteroatoms. The molecule has 2 N–H and O–H groups in total. The molecule has 0 radical (unpaired) electrons. The number of carbonyl (C=O) groups is 2. The number of carboxylic acid groups (broad SMARTS) is 1. The van der Waals surface area contributed by atoms with E-state index in [1.165, 1.54) is 0 Å². The van der Waals surface area contributed by atoms with Gasteiger partial charge in [-0.2, -0.15) is 0 Å². The van der Waals surface area contributed by atoms with Gasteiger partial charge in [-0.25, -0.2) is 4.79 Å². The first-order chi connectivity index (χ1) is 7.59. The van der Waals surface area contributed by atoms with Gasteiger partial charge in [0.2, 0.25) is 0 Å². The van der Waals surface area contributed by atoms with Crippen molar-refractivity contribution in [2.24, 2.45) is 0 Å². The summed E-state index contributed by atoms with van der Waals surface area (Å²) in [4.78, 5) is 22.4. The van der Waals surface area contributed by atoms with E-state index in [2.05, 4.69) is 5.32 Å². The van der Waals surface area contributed by atoms with Crippen molar-refractivity contribution < 1.29 is 14.7 Å². The monoisotopic (exact) mass is 217 g/mol. The molecular formula is C12H11NO3. The highest BCUT2D eigenvalue weighted by Gasteiger charge is 2.25. The molecule has 0 aromatic heterocycles. The number of rotatable bonds is 1. The molecule has 0 saturated heterocycles. The summed E-state index contributed by atoms with van der Waals surface area (Å²) in [6, 6.07) is 6.72. The number of fused-ring (bicyclic) bond motifs is 1. The maximum atomic E-state index is 11.6. The van der Waals surface area contributed by atoms with Crippen molar-refractivity contribution in [3.8, 4) is 0 Å². The van der Waals surface area contributed by atoms with Gasteiger partial charge in [-0.05, 0) is 24.1 Å². The molecule has 1 aliphatic heterocycles. The number of nitrogens with one attached hydrogen (secondary N) is 1. The van der Waals surface area contributed by atoms with Gasteiger partial charge in [-0.3, -0.25) is 4.79 Å². The molecule has 4 nitrogen and oxygen atoms in total. The molecule has 0 bridgehead atoms. The van der Waals surface area contributed by atoms with E-state index in [-0.39, 0.29) is 11.9 Å². The summed E-state index contributed by atoms with van der Waals surface area (Å²) < 4.78 is 0. The highest BCUT2D eigenvalue weighted by atomic mass is 16.4. The Labute approximate surface area is 92.6 Å². The topological polar surface area (TPSA) is 66.4 Å². The van der Waals surface area contributed by atoms with Gasteiger partial charge in [0.05, 0.1) is 6.04 Å². The van der Waals surface area contributed by atoms with Crippen LogP contribution < -0.4 is 5.32 Å². The lowest BCUT2D eigenvalue weighted by atomic mass is 9.90. The third-order valence-corrected chi connectivity index (χ3v) is 2.58. The van der Waals surface area contributed by atoms with Crippen LogP contribution in [0.4, 0.5) is 0 Å². The summed E-state index contributed by atoms with van der Waals surface area (Å²) >= 11 is 0. The summed E-state index contributed by atoms with van der Waals surface area (Å²) in [6.45, 7) is 1.77. The van der Waals surface area contributed by atoms with Crippen molar-refractivity contribution >= 4 is 17.4 Å². The SMILES string of the molecule is C[C@H]1NC(=O)c2ccccc2C1=CC(=O)O. The van der Waals surface area contributed by atoms with E-state index in [4.69, 9.17) is 5.11 Å². The molecule has 1 aromatic carbocycles. The largest absolute Gasteiger partial charge is 0.478 e. The molecule has 0 aliphatic carbocycles. The van der Waals surface area contributed by atoms with Gasteiger partial charge in [-0.1, -0.05) is 18.2 Å². The molecule has 0 saturated carbocycles. The number of benzene rings is 1. The highest BCUT2D eigenvalue weighted by molar-refractivity contribution is 6.06. The minimum atomic E-state index is -1.01. The fraction of sp³-hybridized carbons (Fsp3) is 0.167. The van der Waals surface area contributed by atoms with E-state index in [1.807, 2.05) is 0 Å². The maximum absolute atomic E-state index is 11.6. The zero-order chi connectivity index (χ0) is 11.7. The number of hydrogen-bond donors (Lipinski definition) is 2. The van der Waals surface area contributed by atoms with Gasteiger partial charge in [0, 0.05) is 11.6 Å². The van der Waals surface area contributed by atoms with Gasteiger partial charge in [0.1, 0.15) is 0 Å². The number of aliphatic carboxylic acids is 1. The molecule has 2 rings (SSSR count). The van der Waals surface area contributed by atoms with Crippen molar-refractivity contribution in [3.05, 3.63) is 41.5 Å². The average molecular weight is 217 g/mol. The van der Waals surface area contributed by atoms with Crippen LogP contribution in [0.25, 0.3) is 5.57 Å². The molecule has 1 amide bonds. The Balaban J connectivity index is 2.60. The highest BCUT2D eigenvalue weighted by Crippen LogP contribution is 2.26. The molecule has 1 atom stereocenters. The molecular weight excluding hydrogens is 206 g/mol. The fourth-order valence-corrected chi connectivity index (χ4v) is 1.85. The molecule has 82 valence electrons. The second kappa shape index (κ2) is 3.81. The van der Waals surface area contributed by atoms with E-state index in [1.54, 1.807) is 31.2 Å². The standard InChI is InChI=1S/C12H11NO3/c1-7-10(6-11(14)15)8-4-2-3-5-9(8)12(16)13-7/h2-7H,1H3,(H,13,16)(H,14,15)/t7-/m1/s1. The second-order valence-corrected chi connectivity index (χ2v) is 3.68. The Bertz CT molecular complexity index is 491. The fourth-order valence-electron chi connectivity index (χ4n) is 1.85. The first-order valence-electron chi connectivity index (χ1n) is 4.94. The van der Waals surface area contributed by atoms with E-state index in [0.717, 1.165) is 6.08 Å². The van der Waals surface area contributed by atoms with E-state index in [9.17, 15) is 9.59 Å². The molecule has 16 heavy (non-hydrogen) atoms. The van der Waals surface area contributed by atoms with Crippen LogP contribution in [0.2, 0.25) is 0 Å². The van der Waals surface area contributed by atoms with Gasteiger partial charge >= 0.3 is 5.97 Å². The summed E-state index contributed by atoms with van der Waals surface area (Å²) in [5.74, 6) is -1.17. The predicted molar refractivity (Wildman–Crippen MR) is 59.0 cm³/mol. The van der Waals surface area contributed by atoms with Gasteiger partial charge in [0.15, 0.2) is 0 Å². The van der Waals surface area contributed by atoms with Crippen LogP contribution in [-0.2, 0) is 4.79 Å². The van der Waals surface area contributed by atoms with Crippen LogP contribution >= 0.6 is 0 Å². The predicted octanol–water partition coefficient (Wildman–Crippen LogP) is 1.29. The van der Waals surface area contributed by atoms with Gasteiger partial charge in [0.25, 0.3) is 5.91 Å². The summed E-state index contributed by atoms with van der Waals surface area (Å²) in [6.07, 6.45) is 1.14. The van der Waals surface area contributed by atoms with Crippen LogP contribution in [-0.4, -0.2) is 23.0 Å². The van der Waals surface area contributed by atoms with E-state index >= 15 is 0 Å². The van der Waals surface area contributed by atoms with Crippen LogP contribution in [0.1, 0.15) is 22.8 Å². The third kappa shape index (κ3) is 1.69. The molecule has 1 aromatic rings.